The van der Waals surface area contributed by atoms with Crippen molar-refractivity contribution in [1.29, 1.82) is 0 Å². The molecule has 2 saturated carbocycles. The average Bonchev–Trinajstić information content (AvgIpc) is 0.783. The zero-order valence-corrected chi connectivity index (χ0v) is 51.7. The number of nitrogens with one attached hydrogen (secondary N) is 1. The molecule has 4 heteroatoms. The number of benzene rings is 10. The van der Waals surface area contributed by atoms with Gasteiger partial charge in [-0.25, -0.2) is 0 Å². The number of fused-ring (bicyclic) bond motifs is 1. The molecule has 87 heavy (non-hydrogen) atoms. The van der Waals surface area contributed by atoms with E-state index >= 15 is 0 Å². The smallest absolute Gasteiger partial charge is 0.158 e. The van der Waals surface area contributed by atoms with E-state index in [0.29, 0.717) is 17.6 Å². The Morgan fingerprint density at radius 2 is 1.21 bits per heavy atom. The van der Waals surface area contributed by atoms with Gasteiger partial charge in [-0.2, -0.15) is 0 Å². The molecule has 1 heterocycles. The van der Waals surface area contributed by atoms with E-state index in [1.807, 2.05) is 36.4 Å². The predicted octanol–water partition coefficient (Wildman–Crippen LogP) is 24.5. The van der Waals surface area contributed by atoms with E-state index in [2.05, 4.69) is 227 Å². The van der Waals surface area contributed by atoms with Gasteiger partial charge in [0, 0.05) is 44.4 Å². The number of allylic oxidation sites excluding steroid dienone is 7. The Bertz CT molecular complexity index is 4380. The van der Waals surface area contributed by atoms with Gasteiger partial charge in [-0.05, 0) is 193 Å². The Morgan fingerprint density at radius 3 is 1.90 bits per heavy atom. The Kier molecular flexibility index (Phi) is 17.6. The highest BCUT2D eigenvalue weighted by atomic mass is 16.3. The molecule has 2 aliphatic rings. The van der Waals surface area contributed by atoms with Gasteiger partial charge in [0.05, 0.1) is 17.1 Å². The molecule has 0 spiro atoms. The first kappa shape index (κ1) is 58.3. The molecule has 2 N–H and O–H groups in total. The first-order valence-corrected chi connectivity index (χ1v) is 31.9. The lowest BCUT2D eigenvalue weighted by molar-refractivity contribution is 0.417. The third-order valence-electron chi connectivity index (χ3n) is 18.6. The van der Waals surface area contributed by atoms with Gasteiger partial charge in [-0.15, -0.1) is 0 Å². The predicted molar refractivity (Wildman–Crippen MR) is 375 cm³/mol. The number of hydrogen-bond donors (Lipinski definition) is 2. The van der Waals surface area contributed by atoms with Crippen molar-refractivity contribution >= 4 is 89.4 Å². The summed E-state index contributed by atoms with van der Waals surface area (Å²) in [6, 6.07) is 64.8. The quantitative estimate of drug-likeness (QED) is 0.0610. The van der Waals surface area contributed by atoms with Crippen LogP contribution in [0, 0.1) is 27.7 Å². The van der Waals surface area contributed by atoms with Gasteiger partial charge in [0.15, 0.2) is 5.58 Å². The molecule has 0 aliphatic heterocycles. The highest BCUT2D eigenvalue weighted by Crippen LogP contribution is 2.52. The number of rotatable bonds is 15. The molecule has 4 nitrogen and oxygen atoms in total. The summed E-state index contributed by atoms with van der Waals surface area (Å²) in [6.45, 7) is 16.2. The number of hydrogen-bond acceptors (Lipinski definition) is 4. The van der Waals surface area contributed by atoms with Crippen molar-refractivity contribution in [1.82, 2.24) is 0 Å². The van der Waals surface area contributed by atoms with Crippen molar-refractivity contribution in [3.8, 4) is 11.1 Å². The minimum atomic E-state index is 0.301. The van der Waals surface area contributed by atoms with E-state index in [9.17, 15) is 5.11 Å². The third kappa shape index (κ3) is 12.2. The SMILES string of the molecule is C=C/C=C\C(=C(/C)O)c1cccc(-c2ccccc2C)c1.CCc1ccccc1/C=C/C=C\c1c(C)oc2c(N(c3ccc(C)cc3)c3cc(C4CCCCC4)c4ccc5c(Nc6ccc(C)cc6)cc(C6CCCCC6)c6ccc3c4c56)cccc12. The molecule has 1 aromatic heterocycles. The van der Waals surface area contributed by atoms with Gasteiger partial charge >= 0.3 is 0 Å². The van der Waals surface area contributed by atoms with Crippen LogP contribution in [0.1, 0.15) is 146 Å². The first-order valence-electron chi connectivity index (χ1n) is 31.9. The van der Waals surface area contributed by atoms with Crippen LogP contribution in [0.4, 0.5) is 28.4 Å². The van der Waals surface area contributed by atoms with Gasteiger partial charge < -0.3 is 19.7 Å². The standard InChI is InChI=1S/C63H62N2O.C20H20O/c1-5-44-17-12-13-18-45(44)19-14-15-24-50-43(4)66-63-53(50)25-16-26-59(63)65(49-33-29-42(3)30-34-49)60-40-57(47-22-10-7-11-23-47)52-35-37-54-58(64-48-31-27-41(2)28-32-48)39-56(46-20-8-6-9-21-46)51-36-38-55(60)62(52)61(51)54;1-4-5-12-20(16(3)21)18-11-8-10-17(14-18)19-13-7-6-9-15(19)2/h12-19,24-40,46-47,64H,5-11,20-23H2,1-4H3;4-14,21H,1H2,2-3H3/b19-14+,24-15-;12-5-,20-16-. The van der Waals surface area contributed by atoms with E-state index < -0.39 is 0 Å². The molecule has 0 bridgehead atoms. The van der Waals surface area contributed by atoms with Gasteiger partial charge in [-0.1, -0.05) is 233 Å². The van der Waals surface area contributed by atoms with Crippen molar-refractivity contribution < 1.29 is 9.52 Å². The lowest BCUT2D eigenvalue weighted by Gasteiger charge is -2.32. The molecule has 10 aromatic carbocycles. The molecular formula is C83H82N2O2. The van der Waals surface area contributed by atoms with Crippen LogP contribution in [0.25, 0.3) is 72.1 Å². The molecule has 0 saturated heterocycles. The van der Waals surface area contributed by atoms with Gasteiger partial charge in [-0.3, -0.25) is 0 Å². The fourth-order valence-electron chi connectivity index (χ4n) is 14.0. The number of aliphatic hydroxyl groups excluding tert-OH is 1. The van der Waals surface area contributed by atoms with Crippen LogP contribution in [0.2, 0.25) is 0 Å². The van der Waals surface area contributed by atoms with Crippen molar-refractivity contribution in [3.05, 3.63) is 274 Å². The maximum absolute atomic E-state index is 9.90. The zero-order valence-electron chi connectivity index (χ0n) is 51.7. The Labute approximate surface area is 516 Å². The summed E-state index contributed by atoms with van der Waals surface area (Å²) in [4.78, 5) is 2.52. The van der Waals surface area contributed by atoms with E-state index in [0.717, 1.165) is 62.5 Å². The molecule has 13 rings (SSSR count). The minimum absolute atomic E-state index is 0.301. The van der Waals surface area contributed by atoms with E-state index in [-0.39, 0.29) is 0 Å². The topological polar surface area (TPSA) is 48.6 Å². The summed E-state index contributed by atoms with van der Waals surface area (Å²) in [5.41, 5.74) is 21.3. The molecule has 436 valence electrons. The number of anilines is 5. The molecular weight excluding hydrogens is 1060 g/mol. The zero-order chi connectivity index (χ0) is 60.0. The Hall–Kier alpha value is -9.12. The van der Waals surface area contributed by atoms with Crippen LogP contribution in [0.3, 0.4) is 0 Å². The van der Waals surface area contributed by atoms with Gasteiger partial charge in [0.2, 0.25) is 0 Å². The van der Waals surface area contributed by atoms with E-state index in [1.165, 1.54) is 152 Å². The Balaban J connectivity index is 0.000000298. The summed E-state index contributed by atoms with van der Waals surface area (Å²) < 4.78 is 6.94. The number of furan rings is 1. The van der Waals surface area contributed by atoms with Crippen LogP contribution in [0.15, 0.2) is 223 Å². The molecule has 2 aliphatic carbocycles. The van der Waals surface area contributed by atoms with E-state index in [1.54, 1.807) is 13.0 Å². The summed E-state index contributed by atoms with van der Waals surface area (Å²) in [7, 11) is 0. The van der Waals surface area contributed by atoms with Crippen LogP contribution >= 0.6 is 0 Å². The van der Waals surface area contributed by atoms with Crippen LogP contribution in [-0.2, 0) is 6.42 Å². The fraction of sp³-hybridized carbons (Fsp3) is 0.229. The van der Waals surface area contributed by atoms with Crippen LogP contribution < -0.4 is 10.2 Å². The summed E-state index contributed by atoms with van der Waals surface area (Å²) in [5, 5.41) is 23.2. The van der Waals surface area contributed by atoms with Crippen LogP contribution in [-0.4, -0.2) is 5.11 Å². The number of para-hydroxylation sites is 1. The lowest BCUT2D eigenvalue weighted by Crippen LogP contribution is -2.13. The van der Waals surface area contributed by atoms with Crippen LogP contribution in [0.5, 0.6) is 0 Å². The first-order chi connectivity index (χ1) is 42.6. The summed E-state index contributed by atoms with van der Waals surface area (Å²) >= 11 is 0. The van der Waals surface area contributed by atoms with Crippen molar-refractivity contribution in [2.75, 3.05) is 10.2 Å². The van der Waals surface area contributed by atoms with Gasteiger partial charge in [0.25, 0.3) is 0 Å². The van der Waals surface area contributed by atoms with Gasteiger partial charge in [0.1, 0.15) is 5.76 Å². The lowest BCUT2D eigenvalue weighted by atomic mass is 9.77. The van der Waals surface area contributed by atoms with Crippen molar-refractivity contribution in [3.63, 3.8) is 0 Å². The number of aliphatic hydroxyl groups is 1. The maximum Gasteiger partial charge on any atom is 0.158 e. The third-order valence-corrected chi connectivity index (χ3v) is 18.6. The normalized spacial score (nSPS) is 14.6. The van der Waals surface area contributed by atoms with Crippen molar-refractivity contribution in [2.45, 2.75) is 124 Å². The highest BCUT2D eigenvalue weighted by Gasteiger charge is 2.29. The Morgan fingerprint density at radius 1 is 0.586 bits per heavy atom. The number of nitrogens with zero attached hydrogens (tertiary/aromatic N) is 1. The monoisotopic (exact) mass is 1140 g/mol. The summed E-state index contributed by atoms with van der Waals surface area (Å²) in [6.07, 6.45) is 27.9. The molecule has 11 aromatic rings. The highest BCUT2D eigenvalue weighted by molar-refractivity contribution is 6.29. The summed E-state index contributed by atoms with van der Waals surface area (Å²) in [5.74, 6) is 2.27. The fourth-order valence-corrected chi connectivity index (χ4v) is 14.0. The largest absolute Gasteiger partial charge is 0.512 e. The van der Waals surface area contributed by atoms with Crippen molar-refractivity contribution in [2.24, 2.45) is 0 Å². The molecule has 0 radical (unpaired) electrons. The maximum atomic E-state index is 9.90. The second-order valence-corrected chi connectivity index (χ2v) is 24.4. The number of aryl methyl sites for hydroxylation is 5. The molecule has 0 unspecified atom stereocenters. The van der Waals surface area contributed by atoms with E-state index in [4.69, 9.17) is 4.42 Å². The minimum Gasteiger partial charge on any atom is -0.512 e. The second-order valence-electron chi connectivity index (χ2n) is 24.4. The molecule has 2 fully saturated rings. The molecule has 0 amide bonds. The average molecular weight is 1140 g/mol. The molecule has 0 atom stereocenters. The second kappa shape index (κ2) is 26.2.